The van der Waals surface area contributed by atoms with Gasteiger partial charge in [0, 0.05) is 38.8 Å². The van der Waals surface area contributed by atoms with Crippen molar-refractivity contribution in [2.45, 2.75) is 51.1 Å². The molecule has 1 aliphatic carbocycles. The molecular weight excluding hydrogens is 238 g/mol. The van der Waals surface area contributed by atoms with Crippen LogP contribution in [0.1, 0.15) is 39.0 Å². The first-order valence-corrected chi connectivity index (χ1v) is 8.02. The van der Waals surface area contributed by atoms with Gasteiger partial charge in [0.2, 0.25) is 5.91 Å². The van der Waals surface area contributed by atoms with Gasteiger partial charge >= 0.3 is 0 Å². The normalized spacial score (nSPS) is 34.1. The Morgan fingerprint density at radius 2 is 1.84 bits per heavy atom. The second kappa shape index (κ2) is 5.80. The number of amides is 1. The van der Waals surface area contributed by atoms with Gasteiger partial charge in [-0.05, 0) is 38.5 Å². The fourth-order valence-electron chi connectivity index (χ4n) is 4.19. The molecule has 3 aliphatic rings. The first-order chi connectivity index (χ1) is 9.27. The molecule has 2 saturated heterocycles. The second-order valence-electron chi connectivity index (χ2n) is 6.39. The van der Waals surface area contributed by atoms with Crippen LogP contribution in [0.5, 0.6) is 0 Å². The fraction of sp³-hybridized carbons (Fsp3) is 0.933. The van der Waals surface area contributed by atoms with Gasteiger partial charge in [-0.1, -0.05) is 6.42 Å². The van der Waals surface area contributed by atoms with Crippen LogP contribution in [0.25, 0.3) is 0 Å². The van der Waals surface area contributed by atoms with E-state index in [0.717, 1.165) is 38.6 Å². The van der Waals surface area contributed by atoms with Crippen molar-refractivity contribution in [3.8, 4) is 0 Å². The lowest BCUT2D eigenvalue weighted by molar-refractivity contribution is -0.141. The molecule has 0 aromatic rings. The summed E-state index contributed by atoms with van der Waals surface area (Å²) in [4.78, 5) is 17.4. The highest BCUT2D eigenvalue weighted by Gasteiger charge is 2.39. The Balaban J connectivity index is 1.64. The molecule has 0 aromatic heterocycles. The minimum absolute atomic E-state index is 0.0708. The molecule has 2 aliphatic heterocycles. The number of nitrogens with one attached hydrogen (secondary N) is 1. The number of fused-ring (bicyclic) bond motifs is 1. The van der Waals surface area contributed by atoms with Crippen LogP contribution < -0.4 is 5.32 Å². The monoisotopic (exact) mass is 265 g/mol. The van der Waals surface area contributed by atoms with E-state index in [-0.39, 0.29) is 6.04 Å². The molecule has 3 unspecified atom stereocenters. The van der Waals surface area contributed by atoms with Crippen molar-refractivity contribution in [3.05, 3.63) is 0 Å². The molecule has 0 spiro atoms. The molecule has 19 heavy (non-hydrogen) atoms. The molecular formula is C15H27N3O. The molecule has 1 saturated carbocycles. The quantitative estimate of drug-likeness (QED) is 0.811. The van der Waals surface area contributed by atoms with Gasteiger partial charge in [-0.3, -0.25) is 9.69 Å². The molecule has 3 rings (SSSR count). The van der Waals surface area contributed by atoms with Crippen molar-refractivity contribution in [2.24, 2.45) is 5.92 Å². The number of carbonyl (C=O) groups is 1. The minimum atomic E-state index is 0.0708. The summed E-state index contributed by atoms with van der Waals surface area (Å²) in [5.41, 5.74) is 0. The summed E-state index contributed by atoms with van der Waals surface area (Å²) >= 11 is 0. The van der Waals surface area contributed by atoms with E-state index in [1.165, 1.54) is 32.1 Å². The topological polar surface area (TPSA) is 35.6 Å². The van der Waals surface area contributed by atoms with Crippen LogP contribution in [0.2, 0.25) is 0 Å². The van der Waals surface area contributed by atoms with Gasteiger partial charge in [-0.25, -0.2) is 0 Å². The highest BCUT2D eigenvalue weighted by molar-refractivity contribution is 5.82. The van der Waals surface area contributed by atoms with Gasteiger partial charge in [-0.15, -0.1) is 0 Å². The molecule has 0 bridgehead atoms. The van der Waals surface area contributed by atoms with Crippen LogP contribution in [0.4, 0.5) is 0 Å². The largest absolute Gasteiger partial charge is 0.338 e. The minimum Gasteiger partial charge on any atom is -0.338 e. The van der Waals surface area contributed by atoms with Gasteiger partial charge in [0.1, 0.15) is 0 Å². The zero-order valence-electron chi connectivity index (χ0n) is 12.1. The van der Waals surface area contributed by atoms with Crippen LogP contribution >= 0.6 is 0 Å². The molecule has 1 amide bonds. The summed E-state index contributed by atoms with van der Waals surface area (Å²) in [5.74, 6) is 1.19. The van der Waals surface area contributed by atoms with Crippen LogP contribution in [0.3, 0.4) is 0 Å². The smallest absolute Gasteiger partial charge is 0.239 e. The maximum absolute atomic E-state index is 12.8. The Bertz CT molecular complexity index is 327. The number of hydrogen-bond acceptors (Lipinski definition) is 3. The van der Waals surface area contributed by atoms with Crippen molar-refractivity contribution in [2.75, 3.05) is 32.7 Å². The van der Waals surface area contributed by atoms with E-state index in [1.807, 2.05) is 0 Å². The standard InChI is InChI=1S/C15H27N3O/c1-12(17-10-7-16-8-11-17)15(19)18-9-3-5-13-4-2-6-14(13)18/h12-14,16H,2-11H2,1H3. The molecule has 1 N–H and O–H groups in total. The van der Waals surface area contributed by atoms with Gasteiger partial charge in [0.25, 0.3) is 0 Å². The molecule has 2 heterocycles. The van der Waals surface area contributed by atoms with E-state index in [9.17, 15) is 4.79 Å². The molecule has 108 valence electrons. The molecule has 0 aromatic carbocycles. The number of hydrogen-bond donors (Lipinski definition) is 1. The van der Waals surface area contributed by atoms with E-state index in [0.29, 0.717) is 11.9 Å². The third-order valence-electron chi connectivity index (χ3n) is 5.33. The van der Waals surface area contributed by atoms with Crippen LogP contribution in [0, 0.1) is 5.92 Å². The summed E-state index contributed by atoms with van der Waals surface area (Å²) in [6.45, 7) is 7.15. The molecule has 3 atom stereocenters. The van der Waals surface area contributed by atoms with Crippen molar-refractivity contribution in [3.63, 3.8) is 0 Å². The van der Waals surface area contributed by atoms with Gasteiger partial charge in [0.05, 0.1) is 6.04 Å². The Morgan fingerprint density at radius 3 is 2.63 bits per heavy atom. The molecule has 4 nitrogen and oxygen atoms in total. The van der Waals surface area contributed by atoms with Gasteiger partial charge in [-0.2, -0.15) is 0 Å². The number of rotatable bonds is 2. The summed E-state index contributed by atoms with van der Waals surface area (Å²) in [5, 5.41) is 3.36. The van der Waals surface area contributed by atoms with E-state index in [4.69, 9.17) is 0 Å². The van der Waals surface area contributed by atoms with Crippen molar-refractivity contribution < 1.29 is 4.79 Å². The SMILES string of the molecule is CC(C(=O)N1CCCC2CCCC21)N1CCNCC1. The Kier molecular flexibility index (Phi) is 4.08. The lowest BCUT2D eigenvalue weighted by Crippen LogP contribution is -2.56. The van der Waals surface area contributed by atoms with Crippen molar-refractivity contribution in [1.29, 1.82) is 0 Å². The van der Waals surface area contributed by atoms with Crippen molar-refractivity contribution >= 4 is 5.91 Å². The van der Waals surface area contributed by atoms with E-state index in [1.54, 1.807) is 0 Å². The third kappa shape index (κ3) is 2.65. The highest BCUT2D eigenvalue weighted by atomic mass is 16.2. The second-order valence-corrected chi connectivity index (χ2v) is 6.39. The average molecular weight is 265 g/mol. The Hall–Kier alpha value is -0.610. The summed E-state index contributed by atoms with van der Waals surface area (Å²) in [7, 11) is 0. The van der Waals surface area contributed by atoms with E-state index in [2.05, 4.69) is 22.0 Å². The van der Waals surface area contributed by atoms with Gasteiger partial charge in [0.15, 0.2) is 0 Å². The molecule has 3 fully saturated rings. The zero-order chi connectivity index (χ0) is 13.2. The maximum Gasteiger partial charge on any atom is 0.239 e. The number of likely N-dealkylation sites (tertiary alicyclic amines) is 1. The summed E-state index contributed by atoms with van der Waals surface area (Å²) in [6.07, 6.45) is 6.46. The molecule has 0 radical (unpaired) electrons. The van der Waals surface area contributed by atoms with Crippen LogP contribution in [-0.2, 0) is 4.79 Å². The van der Waals surface area contributed by atoms with E-state index < -0.39 is 0 Å². The number of piperazine rings is 1. The lowest BCUT2D eigenvalue weighted by atomic mass is 9.91. The van der Waals surface area contributed by atoms with Crippen molar-refractivity contribution in [1.82, 2.24) is 15.1 Å². The van der Waals surface area contributed by atoms with Gasteiger partial charge < -0.3 is 10.2 Å². The Labute approximate surface area is 116 Å². The number of carbonyl (C=O) groups excluding carboxylic acids is 1. The third-order valence-corrected chi connectivity index (χ3v) is 5.33. The predicted octanol–water partition coefficient (Wildman–Crippen LogP) is 1.07. The fourth-order valence-corrected chi connectivity index (χ4v) is 4.19. The molecule has 4 heteroatoms. The first-order valence-electron chi connectivity index (χ1n) is 8.02. The van der Waals surface area contributed by atoms with E-state index >= 15 is 0 Å². The summed E-state index contributed by atoms with van der Waals surface area (Å²) < 4.78 is 0. The first kappa shape index (κ1) is 13.4. The maximum atomic E-state index is 12.8. The van der Waals surface area contributed by atoms with Crippen LogP contribution in [-0.4, -0.2) is 60.5 Å². The lowest BCUT2D eigenvalue weighted by Gasteiger charge is -2.41. The summed E-state index contributed by atoms with van der Waals surface area (Å²) in [6, 6.07) is 0.632. The average Bonchev–Trinajstić information content (AvgIpc) is 2.95. The highest BCUT2D eigenvalue weighted by Crippen LogP contribution is 2.37. The predicted molar refractivity (Wildman–Crippen MR) is 76.0 cm³/mol. The number of nitrogens with zero attached hydrogens (tertiary/aromatic N) is 2. The zero-order valence-corrected chi connectivity index (χ0v) is 12.1. The van der Waals surface area contributed by atoms with Crippen LogP contribution in [0.15, 0.2) is 0 Å². The Morgan fingerprint density at radius 1 is 1.11 bits per heavy atom. The number of piperidine rings is 1.